The summed E-state index contributed by atoms with van der Waals surface area (Å²) >= 11 is 0. The van der Waals surface area contributed by atoms with Gasteiger partial charge >= 0.3 is 5.69 Å². The van der Waals surface area contributed by atoms with Gasteiger partial charge in [0.15, 0.2) is 0 Å². The summed E-state index contributed by atoms with van der Waals surface area (Å²) in [6, 6.07) is 4.79. The molecule has 1 unspecified atom stereocenters. The van der Waals surface area contributed by atoms with E-state index in [9.17, 15) is 13.2 Å². The first-order valence-electron chi connectivity index (χ1n) is 8.82. The van der Waals surface area contributed by atoms with Crippen LogP contribution in [0.3, 0.4) is 0 Å². The number of benzene rings is 1. The van der Waals surface area contributed by atoms with Gasteiger partial charge in [-0.1, -0.05) is 20.3 Å². The highest BCUT2D eigenvalue weighted by Gasteiger charge is 2.25. The Hall–Kier alpha value is -1.64. The van der Waals surface area contributed by atoms with Crippen LogP contribution in [0.5, 0.6) is 0 Å². The van der Waals surface area contributed by atoms with Crippen LogP contribution in [-0.2, 0) is 10.0 Å². The smallest absolute Gasteiger partial charge is 0.306 e. The van der Waals surface area contributed by atoms with Crippen molar-refractivity contribution in [3.63, 3.8) is 0 Å². The van der Waals surface area contributed by atoms with Crippen molar-refractivity contribution in [1.82, 2.24) is 19.6 Å². The number of likely N-dealkylation sites (tertiary alicyclic amines) is 1. The van der Waals surface area contributed by atoms with Crippen LogP contribution >= 0.6 is 0 Å². The lowest BCUT2D eigenvalue weighted by Crippen LogP contribution is -2.48. The van der Waals surface area contributed by atoms with Gasteiger partial charge in [0.25, 0.3) is 0 Å². The van der Waals surface area contributed by atoms with E-state index < -0.39 is 10.0 Å². The van der Waals surface area contributed by atoms with Crippen molar-refractivity contribution in [2.24, 2.45) is 5.92 Å². The van der Waals surface area contributed by atoms with Gasteiger partial charge in [0, 0.05) is 12.6 Å². The fourth-order valence-corrected chi connectivity index (χ4v) is 4.57. The second-order valence-corrected chi connectivity index (χ2v) is 8.81. The maximum atomic E-state index is 12.7. The Morgan fingerprint density at radius 3 is 2.48 bits per heavy atom. The molecule has 1 aromatic carbocycles. The second kappa shape index (κ2) is 7.31. The number of nitrogens with zero attached hydrogens (tertiary/aromatic N) is 1. The molecule has 0 radical (unpaired) electrons. The number of hydrogen-bond acceptors (Lipinski definition) is 4. The summed E-state index contributed by atoms with van der Waals surface area (Å²) in [7, 11) is -3.62. The van der Waals surface area contributed by atoms with Gasteiger partial charge in [-0.2, -0.15) is 0 Å². The molecular formula is C17H26N4O3S. The minimum absolute atomic E-state index is 0.163. The Kier molecular flexibility index (Phi) is 5.31. The molecule has 1 aromatic heterocycles. The molecule has 1 aliphatic heterocycles. The Balaban J connectivity index is 1.75. The quantitative estimate of drug-likeness (QED) is 0.724. The summed E-state index contributed by atoms with van der Waals surface area (Å²) in [5.74, 6) is 0.365. The molecule has 3 rings (SSSR count). The zero-order valence-corrected chi connectivity index (χ0v) is 15.5. The second-order valence-electron chi connectivity index (χ2n) is 7.05. The maximum absolute atomic E-state index is 12.7. The number of fused-ring (bicyclic) bond motifs is 1. The molecule has 2 aromatic rings. The number of hydrogen-bond donors (Lipinski definition) is 3. The van der Waals surface area contributed by atoms with Crippen LogP contribution in [0.2, 0.25) is 0 Å². The normalized spacial score (nSPS) is 18.0. The molecule has 138 valence electrons. The highest BCUT2D eigenvalue weighted by atomic mass is 32.2. The third-order valence-corrected chi connectivity index (χ3v) is 6.33. The Labute approximate surface area is 147 Å². The molecule has 0 amide bonds. The van der Waals surface area contributed by atoms with E-state index in [1.807, 2.05) is 0 Å². The fraction of sp³-hybridized carbons (Fsp3) is 0.588. The van der Waals surface area contributed by atoms with Gasteiger partial charge in [-0.25, -0.2) is 17.9 Å². The number of H-pyrrole nitrogens is 2. The first-order chi connectivity index (χ1) is 11.9. The van der Waals surface area contributed by atoms with Crippen molar-refractivity contribution in [3.8, 4) is 0 Å². The van der Waals surface area contributed by atoms with Crippen molar-refractivity contribution in [2.75, 3.05) is 19.6 Å². The van der Waals surface area contributed by atoms with Crippen LogP contribution in [0.4, 0.5) is 0 Å². The lowest BCUT2D eigenvalue weighted by Gasteiger charge is -2.37. The predicted octanol–water partition coefficient (Wildman–Crippen LogP) is 1.64. The molecule has 1 aliphatic rings. The van der Waals surface area contributed by atoms with Crippen LogP contribution in [0.1, 0.15) is 33.1 Å². The predicted molar refractivity (Wildman–Crippen MR) is 98.2 cm³/mol. The lowest BCUT2D eigenvalue weighted by atomic mass is 9.99. The highest BCUT2D eigenvalue weighted by molar-refractivity contribution is 7.89. The van der Waals surface area contributed by atoms with Gasteiger partial charge in [0.1, 0.15) is 0 Å². The average molecular weight is 366 g/mol. The topological polar surface area (TPSA) is 98.1 Å². The van der Waals surface area contributed by atoms with Crippen LogP contribution in [0, 0.1) is 5.92 Å². The van der Waals surface area contributed by atoms with Crippen molar-refractivity contribution < 1.29 is 8.42 Å². The standard InChI is InChI=1S/C17H26N4O3S/c1-12(2)16(21-8-4-3-5-9-21)11-18-25(23,24)13-6-7-14-15(10-13)20-17(22)19-14/h6-7,10,12,16,18H,3-5,8-9,11H2,1-2H3,(H2,19,20,22). The summed E-state index contributed by atoms with van der Waals surface area (Å²) in [5.41, 5.74) is 0.740. The number of imidazole rings is 1. The van der Waals surface area contributed by atoms with Gasteiger partial charge < -0.3 is 9.97 Å². The molecule has 0 saturated carbocycles. The van der Waals surface area contributed by atoms with Crippen LogP contribution in [0.25, 0.3) is 11.0 Å². The fourth-order valence-electron chi connectivity index (χ4n) is 3.49. The Morgan fingerprint density at radius 1 is 1.12 bits per heavy atom. The number of rotatable bonds is 6. The van der Waals surface area contributed by atoms with Crippen molar-refractivity contribution in [1.29, 1.82) is 0 Å². The van der Waals surface area contributed by atoms with Gasteiger partial charge in [-0.3, -0.25) is 4.90 Å². The summed E-state index contributed by atoms with van der Waals surface area (Å²) in [4.78, 5) is 19.1. The van der Waals surface area contributed by atoms with Crippen molar-refractivity contribution >= 4 is 21.1 Å². The minimum Gasteiger partial charge on any atom is -0.306 e. The summed E-state index contributed by atoms with van der Waals surface area (Å²) in [6.07, 6.45) is 3.60. The highest BCUT2D eigenvalue weighted by Crippen LogP contribution is 2.19. The molecule has 1 fully saturated rings. The molecule has 1 saturated heterocycles. The zero-order valence-electron chi connectivity index (χ0n) is 14.7. The van der Waals surface area contributed by atoms with E-state index in [1.165, 1.54) is 31.4 Å². The zero-order chi connectivity index (χ0) is 18.0. The summed E-state index contributed by atoms with van der Waals surface area (Å²) in [5, 5.41) is 0. The van der Waals surface area contributed by atoms with Crippen molar-refractivity contribution in [2.45, 2.75) is 44.0 Å². The van der Waals surface area contributed by atoms with Crippen LogP contribution in [0.15, 0.2) is 27.9 Å². The molecule has 2 heterocycles. The molecule has 1 atom stereocenters. The molecular weight excluding hydrogens is 340 g/mol. The van der Waals surface area contributed by atoms with E-state index in [0.717, 1.165) is 13.1 Å². The molecule has 0 spiro atoms. The number of aromatic amines is 2. The van der Waals surface area contributed by atoms with Gasteiger partial charge in [0.2, 0.25) is 10.0 Å². The van der Waals surface area contributed by atoms with Crippen LogP contribution < -0.4 is 10.4 Å². The third-order valence-electron chi connectivity index (χ3n) is 4.91. The summed E-state index contributed by atoms with van der Waals surface area (Å²) < 4.78 is 28.1. The largest absolute Gasteiger partial charge is 0.323 e. The van der Waals surface area contributed by atoms with Crippen molar-refractivity contribution in [3.05, 3.63) is 28.7 Å². The number of nitrogens with one attached hydrogen (secondary N) is 3. The van der Waals surface area contributed by atoms with E-state index in [1.54, 1.807) is 6.07 Å². The number of piperidine rings is 1. The van der Waals surface area contributed by atoms with Crippen LogP contribution in [-0.4, -0.2) is 49.0 Å². The molecule has 8 heteroatoms. The van der Waals surface area contributed by atoms with E-state index in [4.69, 9.17) is 0 Å². The molecule has 25 heavy (non-hydrogen) atoms. The Bertz CT molecular complexity index is 879. The van der Waals surface area contributed by atoms with E-state index >= 15 is 0 Å². The Morgan fingerprint density at radius 2 is 1.80 bits per heavy atom. The molecule has 3 N–H and O–H groups in total. The molecule has 7 nitrogen and oxygen atoms in total. The average Bonchev–Trinajstić information content (AvgIpc) is 2.94. The van der Waals surface area contributed by atoms with Gasteiger partial charge in [-0.05, 0) is 50.0 Å². The van der Waals surface area contributed by atoms with E-state index in [2.05, 4.69) is 33.4 Å². The van der Waals surface area contributed by atoms with E-state index in [-0.39, 0.29) is 16.6 Å². The van der Waals surface area contributed by atoms with E-state index in [0.29, 0.717) is 23.5 Å². The first kappa shape index (κ1) is 18.2. The number of aromatic nitrogens is 2. The van der Waals surface area contributed by atoms with Gasteiger partial charge in [-0.15, -0.1) is 0 Å². The first-order valence-corrected chi connectivity index (χ1v) is 10.3. The molecule has 0 bridgehead atoms. The molecule has 0 aliphatic carbocycles. The van der Waals surface area contributed by atoms with Gasteiger partial charge in [0.05, 0.1) is 15.9 Å². The number of sulfonamides is 1. The lowest BCUT2D eigenvalue weighted by molar-refractivity contribution is 0.130. The monoisotopic (exact) mass is 366 g/mol. The summed E-state index contributed by atoms with van der Waals surface area (Å²) in [6.45, 7) is 6.71. The SMILES string of the molecule is CC(C)C(CNS(=O)(=O)c1ccc2[nH]c(=O)[nH]c2c1)N1CCCCC1. The minimum atomic E-state index is -3.62. The maximum Gasteiger partial charge on any atom is 0.323 e. The third kappa shape index (κ3) is 4.13.